The first-order valence-corrected chi connectivity index (χ1v) is 6.45. The highest BCUT2D eigenvalue weighted by Crippen LogP contribution is 2.06. The molecule has 21 heavy (non-hydrogen) atoms. The lowest BCUT2D eigenvalue weighted by molar-refractivity contribution is 0.0952. The molecule has 0 fully saturated rings. The molecule has 2 rings (SSSR count). The van der Waals surface area contributed by atoms with Gasteiger partial charge >= 0.3 is 0 Å². The lowest BCUT2D eigenvalue weighted by Gasteiger charge is -2.04. The fourth-order valence-corrected chi connectivity index (χ4v) is 1.86. The number of nitrogens with one attached hydrogen (secondary N) is 1. The molecule has 4 heteroatoms. The summed E-state index contributed by atoms with van der Waals surface area (Å²) in [5, 5.41) is 2.68. The summed E-state index contributed by atoms with van der Waals surface area (Å²) in [4.78, 5) is 22.8. The Morgan fingerprint density at radius 2 is 1.95 bits per heavy atom. The van der Waals surface area contributed by atoms with Crippen LogP contribution in [0.4, 0.5) is 4.39 Å². The Bertz CT molecular complexity index is 680. The minimum atomic E-state index is -0.318. The number of halogens is 1. The lowest BCUT2D eigenvalue weighted by Crippen LogP contribution is -2.24. The van der Waals surface area contributed by atoms with Crippen molar-refractivity contribution >= 4 is 18.3 Å². The van der Waals surface area contributed by atoms with Gasteiger partial charge in [-0.15, -0.1) is 0 Å². The van der Waals surface area contributed by atoms with Crippen molar-refractivity contribution in [3.63, 3.8) is 0 Å². The maximum absolute atomic E-state index is 13.0. The summed E-state index contributed by atoms with van der Waals surface area (Å²) in [6.07, 6.45) is 4.09. The molecular weight excluding hydrogens is 269 g/mol. The van der Waals surface area contributed by atoms with E-state index < -0.39 is 0 Å². The Balaban J connectivity index is 1.94. The van der Waals surface area contributed by atoms with Gasteiger partial charge in [-0.3, -0.25) is 9.59 Å². The van der Waals surface area contributed by atoms with Gasteiger partial charge < -0.3 is 5.32 Å². The number of carbonyl (C=O) groups is 2. The summed E-state index contributed by atoms with van der Waals surface area (Å²) < 4.78 is 13.0. The van der Waals surface area contributed by atoms with E-state index >= 15 is 0 Å². The standard InChI is InChI=1S/C17H14FNO2/c18-15-8-3-5-13(11-15)6-4-10-19-17(21)16-9-2-1-7-14(16)12-20/h1-9,11-12H,10H2,(H,19,21)/b6-4+. The highest BCUT2D eigenvalue weighted by molar-refractivity contribution is 6.01. The smallest absolute Gasteiger partial charge is 0.252 e. The highest BCUT2D eigenvalue weighted by Gasteiger charge is 2.08. The van der Waals surface area contributed by atoms with Crippen LogP contribution in [0.3, 0.4) is 0 Å². The quantitative estimate of drug-likeness (QED) is 0.857. The summed E-state index contributed by atoms with van der Waals surface area (Å²) in [6.45, 7) is 0.294. The topological polar surface area (TPSA) is 46.2 Å². The molecule has 0 heterocycles. The van der Waals surface area contributed by atoms with Crippen LogP contribution in [0.1, 0.15) is 26.3 Å². The zero-order valence-corrected chi connectivity index (χ0v) is 11.3. The molecule has 0 spiro atoms. The Morgan fingerprint density at radius 1 is 1.14 bits per heavy atom. The third kappa shape index (κ3) is 4.11. The van der Waals surface area contributed by atoms with Crippen molar-refractivity contribution in [1.82, 2.24) is 5.32 Å². The van der Waals surface area contributed by atoms with Crippen molar-refractivity contribution in [3.05, 3.63) is 77.1 Å². The SMILES string of the molecule is O=Cc1ccccc1C(=O)NC/C=C/c1cccc(F)c1. The van der Waals surface area contributed by atoms with Crippen LogP contribution in [0.15, 0.2) is 54.6 Å². The van der Waals surface area contributed by atoms with Gasteiger partial charge in [0.05, 0.1) is 0 Å². The van der Waals surface area contributed by atoms with E-state index in [2.05, 4.69) is 5.32 Å². The van der Waals surface area contributed by atoms with E-state index in [9.17, 15) is 14.0 Å². The molecule has 1 amide bonds. The average Bonchev–Trinajstić information content (AvgIpc) is 2.51. The Morgan fingerprint density at radius 3 is 2.71 bits per heavy atom. The van der Waals surface area contributed by atoms with Crippen molar-refractivity contribution in [2.75, 3.05) is 6.54 Å². The van der Waals surface area contributed by atoms with Gasteiger partial charge in [0, 0.05) is 17.7 Å². The van der Waals surface area contributed by atoms with Crippen LogP contribution in [0.5, 0.6) is 0 Å². The van der Waals surface area contributed by atoms with Crippen molar-refractivity contribution in [2.45, 2.75) is 0 Å². The molecule has 2 aromatic carbocycles. The molecule has 0 aliphatic heterocycles. The fraction of sp³-hybridized carbons (Fsp3) is 0.0588. The van der Waals surface area contributed by atoms with Crippen LogP contribution in [-0.2, 0) is 0 Å². The van der Waals surface area contributed by atoms with Crippen LogP contribution < -0.4 is 5.32 Å². The predicted molar refractivity (Wildman–Crippen MR) is 79.6 cm³/mol. The second kappa shape index (κ2) is 7.14. The zero-order chi connectivity index (χ0) is 15.1. The predicted octanol–water partition coefficient (Wildman–Crippen LogP) is 3.08. The first-order chi connectivity index (χ1) is 10.2. The van der Waals surface area contributed by atoms with Crippen molar-refractivity contribution < 1.29 is 14.0 Å². The number of carbonyl (C=O) groups excluding carboxylic acids is 2. The molecule has 1 N–H and O–H groups in total. The van der Waals surface area contributed by atoms with Gasteiger partial charge in [0.25, 0.3) is 5.91 Å². The fourth-order valence-electron chi connectivity index (χ4n) is 1.86. The molecular formula is C17H14FNO2. The van der Waals surface area contributed by atoms with Gasteiger partial charge in [-0.2, -0.15) is 0 Å². The van der Waals surface area contributed by atoms with Gasteiger partial charge in [-0.25, -0.2) is 4.39 Å². The summed E-state index contributed by atoms with van der Waals surface area (Å²) in [5.74, 6) is -0.623. The van der Waals surface area contributed by atoms with Gasteiger partial charge in [-0.05, 0) is 23.8 Å². The number of hydrogen-bond acceptors (Lipinski definition) is 2. The summed E-state index contributed by atoms with van der Waals surface area (Å²) in [5.41, 5.74) is 1.41. The molecule has 0 bridgehead atoms. The monoisotopic (exact) mass is 283 g/mol. The molecule has 3 nitrogen and oxygen atoms in total. The second-order valence-electron chi connectivity index (χ2n) is 4.37. The summed E-state index contributed by atoms with van der Waals surface area (Å²) in [7, 11) is 0. The lowest BCUT2D eigenvalue weighted by atomic mass is 10.1. The number of aldehydes is 1. The molecule has 0 saturated carbocycles. The molecule has 0 atom stereocenters. The summed E-state index contributed by atoms with van der Waals surface area (Å²) >= 11 is 0. The number of rotatable bonds is 5. The van der Waals surface area contributed by atoms with Crippen LogP contribution in [0.25, 0.3) is 6.08 Å². The van der Waals surface area contributed by atoms with E-state index in [1.165, 1.54) is 12.1 Å². The number of benzene rings is 2. The van der Waals surface area contributed by atoms with Crippen LogP contribution in [0.2, 0.25) is 0 Å². The minimum Gasteiger partial charge on any atom is -0.349 e. The first-order valence-electron chi connectivity index (χ1n) is 6.45. The van der Waals surface area contributed by atoms with Crippen molar-refractivity contribution in [1.29, 1.82) is 0 Å². The molecule has 106 valence electrons. The molecule has 0 aliphatic carbocycles. The van der Waals surface area contributed by atoms with E-state index in [4.69, 9.17) is 0 Å². The largest absolute Gasteiger partial charge is 0.349 e. The summed E-state index contributed by atoms with van der Waals surface area (Å²) in [6, 6.07) is 12.7. The van der Waals surface area contributed by atoms with E-state index in [0.29, 0.717) is 24.0 Å². The third-order valence-electron chi connectivity index (χ3n) is 2.87. The van der Waals surface area contributed by atoms with Crippen molar-refractivity contribution in [2.24, 2.45) is 0 Å². The zero-order valence-electron chi connectivity index (χ0n) is 11.3. The van der Waals surface area contributed by atoms with Gasteiger partial charge in [0.15, 0.2) is 6.29 Å². The average molecular weight is 283 g/mol. The van der Waals surface area contributed by atoms with E-state index in [1.807, 2.05) is 0 Å². The molecule has 0 unspecified atom stereocenters. The van der Waals surface area contributed by atoms with Crippen LogP contribution in [-0.4, -0.2) is 18.7 Å². The van der Waals surface area contributed by atoms with E-state index in [-0.39, 0.29) is 11.7 Å². The Labute approximate surface area is 122 Å². The Kier molecular flexibility index (Phi) is 4.99. The third-order valence-corrected chi connectivity index (χ3v) is 2.87. The van der Waals surface area contributed by atoms with E-state index in [1.54, 1.807) is 48.6 Å². The first kappa shape index (κ1) is 14.7. The second-order valence-corrected chi connectivity index (χ2v) is 4.37. The van der Waals surface area contributed by atoms with Gasteiger partial charge in [0.1, 0.15) is 5.82 Å². The highest BCUT2D eigenvalue weighted by atomic mass is 19.1. The molecule has 0 aliphatic rings. The van der Waals surface area contributed by atoms with Crippen LogP contribution >= 0.6 is 0 Å². The number of amides is 1. The maximum Gasteiger partial charge on any atom is 0.252 e. The Hall–Kier alpha value is -2.75. The maximum atomic E-state index is 13.0. The molecule has 0 aromatic heterocycles. The molecule has 2 aromatic rings. The van der Waals surface area contributed by atoms with Gasteiger partial charge in [-0.1, -0.05) is 42.5 Å². The minimum absolute atomic E-state index is 0.294. The molecule has 0 radical (unpaired) electrons. The molecule has 0 saturated heterocycles. The van der Waals surface area contributed by atoms with E-state index in [0.717, 1.165) is 5.56 Å². The van der Waals surface area contributed by atoms with Crippen molar-refractivity contribution in [3.8, 4) is 0 Å². The van der Waals surface area contributed by atoms with Gasteiger partial charge in [0.2, 0.25) is 0 Å². The number of hydrogen-bond donors (Lipinski definition) is 1. The normalized spacial score (nSPS) is 10.5. The van der Waals surface area contributed by atoms with Crippen LogP contribution in [0, 0.1) is 5.82 Å².